The number of fused-ring (bicyclic) bond motifs is 1. The van der Waals surface area contributed by atoms with E-state index in [-0.39, 0.29) is 0 Å². The molecule has 0 atom stereocenters. The maximum atomic E-state index is 5.27. The molecule has 2 aromatic rings. The Bertz CT molecular complexity index is 450. The van der Waals surface area contributed by atoms with Crippen LogP contribution >= 0.6 is 15.9 Å². The van der Waals surface area contributed by atoms with Gasteiger partial charge < -0.3 is 9.72 Å². The Balaban J connectivity index is 2.82. The first-order valence-corrected chi connectivity index (χ1v) is 4.70. The zero-order valence-corrected chi connectivity index (χ0v) is 8.97. The van der Waals surface area contributed by atoms with Crippen molar-refractivity contribution in [2.24, 2.45) is 0 Å². The van der Waals surface area contributed by atoms with Crippen LogP contribution in [0, 0.1) is 6.92 Å². The van der Waals surface area contributed by atoms with Crippen LogP contribution in [-0.4, -0.2) is 17.1 Å². The van der Waals surface area contributed by atoms with Gasteiger partial charge in [-0.1, -0.05) is 6.07 Å². The molecule has 0 saturated carbocycles. The van der Waals surface area contributed by atoms with Crippen molar-refractivity contribution in [1.82, 2.24) is 9.97 Å². The van der Waals surface area contributed by atoms with Crippen LogP contribution in [-0.2, 0) is 0 Å². The van der Waals surface area contributed by atoms with Crippen molar-refractivity contribution in [2.75, 3.05) is 7.11 Å². The number of benzene rings is 1. The van der Waals surface area contributed by atoms with E-state index in [1.807, 2.05) is 19.1 Å². The molecule has 1 aromatic heterocycles. The minimum atomic E-state index is 0.728. The molecule has 4 heteroatoms. The molecule has 1 N–H and O–H groups in total. The van der Waals surface area contributed by atoms with Crippen LogP contribution in [0.3, 0.4) is 0 Å². The third-order valence-electron chi connectivity index (χ3n) is 1.98. The molecule has 0 aliphatic rings. The van der Waals surface area contributed by atoms with Crippen molar-refractivity contribution >= 4 is 27.0 Å². The summed E-state index contributed by atoms with van der Waals surface area (Å²) in [5.74, 6) is 0.833. The molecular weight excluding hydrogens is 232 g/mol. The van der Waals surface area contributed by atoms with Gasteiger partial charge in [-0.3, -0.25) is 0 Å². The summed E-state index contributed by atoms with van der Waals surface area (Å²) in [7, 11) is 1.66. The van der Waals surface area contributed by atoms with E-state index >= 15 is 0 Å². The average molecular weight is 241 g/mol. The van der Waals surface area contributed by atoms with Crippen LogP contribution in [0.4, 0.5) is 0 Å². The first-order valence-electron chi connectivity index (χ1n) is 3.91. The Labute approximate surface area is 84.3 Å². The minimum Gasteiger partial charge on any atom is -0.494 e. The summed E-state index contributed by atoms with van der Waals surface area (Å²) in [4.78, 5) is 7.37. The summed E-state index contributed by atoms with van der Waals surface area (Å²) in [5, 5.41) is 0. The van der Waals surface area contributed by atoms with Crippen molar-refractivity contribution in [3.8, 4) is 5.75 Å². The highest BCUT2D eigenvalue weighted by Gasteiger charge is 2.08. The Hall–Kier alpha value is -1.03. The van der Waals surface area contributed by atoms with Crippen molar-refractivity contribution in [2.45, 2.75) is 6.92 Å². The molecule has 68 valence electrons. The number of aryl methyl sites for hydroxylation is 1. The third kappa shape index (κ3) is 1.31. The Morgan fingerprint density at radius 3 is 2.92 bits per heavy atom. The van der Waals surface area contributed by atoms with Gasteiger partial charge in [0.25, 0.3) is 0 Å². The molecule has 0 spiro atoms. The zero-order valence-electron chi connectivity index (χ0n) is 7.39. The predicted octanol–water partition coefficient (Wildman–Crippen LogP) is 2.64. The second kappa shape index (κ2) is 3.03. The third-order valence-corrected chi connectivity index (χ3v) is 2.36. The second-order valence-corrected chi connectivity index (χ2v) is 3.59. The summed E-state index contributed by atoms with van der Waals surface area (Å²) in [6.07, 6.45) is 0. The molecular formula is C9H9BrN2O. The molecule has 1 aromatic carbocycles. The monoisotopic (exact) mass is 240 g/mol. The lowest BCUT2D eigenvalue weighted by molar-refractivity contribution is 0.416. The van der Waals surface area contributed by atoms with Gasteiger partial charge in [0.05, 0.1) is 12.6 Å². The van der Waals surface area contributed by atoms with Crippen molar-refractivity contribution < 1.29 is 4.74 Å². The molecule has 0 amide bonds. The molecule has 0 saturated heterocycles. The Kier molecular flexibility index (Phi) is 2.00. The lowest BCUT2D eigenvalue weighted by atomic mass is 10.2. The van der Waals surface area contributed by atoms with Gasteiger partial charge in [0.1, 0.15) is 11.3 Å². The molecule has 2 rings (SSSR count). The fourth-order valence-corrected chi connectivity index (χ4v) is 1.77. The molecule has 3 nitrogen and oxygen atoms in total. The number of nitrogens with one attached hydrogen (secondary N) is 1. The first kappa shape index (κ1) is 8.56. The fourth-order valence-electron chi connectivity index (χ4n) is 1.38. The van der Waals surface area contributed by atoms with E-state index < -0.39 is 0 Å². The molecule has 0 radical (unpaired) electrons. The zero-order chi connectivity index (χ0) is 9.42. The average Bonchev–Trinajstić information content (AvgIpc) is 2.45. The van der Waals surface area contributed by atoms with Crippen LogP contribution in [0.25, 0.3) is 11.0 Å². The summed E-state index contributed by atoms with van der Waals surface area (Å²) >= 11 is 3.29. The highest BCUT2D eigenvalue weighted by atomic mass is 79.9. The highest BCUT2D eigenvalue weighted by Crippen LogP contribution is 2.28. The number of nitrogens with zero attached hydrogens (tertiary/aromatic N) is 1. The largest absolute Gasteiger partial charge is 0.494 e. The number of hydrogen-bond acceptors (Lipinski definition) is 2. The second-order valence-electron chi connectivity index (χ2n) is 2.84. The van der Waals surface area contributed by atoms with Gasteiger partial charge in [-0.25, -0.2) is 4.98 Å². The van der Waals surface area contributed by atoms with Crippen LogP contribution < -0.4 is 4.74 Å². The predicted molar refractivity (Wildman–Crippen MR) is 55.1 cm³/mol. The Morgan fingerprint density at radius 1 is 1.46 bits per heavy atom. The van der Waals surface area contributed by atoms with Crippen molar-refractivity contribution in [1.29, 1.82) is 0 Å². The van der Waals surface area contributed by atoms with Crippen molar-refractivity contribution in [3.05, 3.63) is 22.4 Å². The van der Waals surface area contributed by atoms with E-state index in [1.54, 1.807) is 7.11 Å². The van der Waals surface area contributed by atoms with Gasteiger partial charge in [-0.2, -0.15) is 0 Å². The summed E-state index contributed by atoms with van der Waals surface area (Å²) in [6.45, 7) is 2.00. The van der Waals surface area contributed by atoms with Gasteiger partial charge in [0, 0.05) is 0 Å². The van der Waals surface area contributed by atoms with Crippen LogP contribution in [0.2, 0.25) is 0 Å². The number of rotatable bonds is 1. The molecule has 0 unspecified atom stereocenters. The van der Waals surface area contributed by atoms with Crippen LogP contribution in [0.1, 0.15) is 5.56 Å². The number of aromatic nitrogens is 2. The number of methoxy groups -OCH3 is 1. The standard InChI is InChI=1S/C9H9BrN2O/c1-5-3-4-6-7(8(5)13-2)12-9(10)11-6/h3-4H,1-2H3,(H,11,12). The number of hydrogen-bond donors (Lipinski definition) is 1. The lowest BCUT2D eigenvalue weighted by Gasteiger charge is -2.03. The maximum absolute atomic E-state index is 5.27. The highest BCUT2D eigenvalue weighted by molar-refractivity contribution is 9.10. The van der Waals surface area contributed by atoms with E-state index in [4.69, 9.17) is 4.74 Å². The van der Waals surface area contributed by atoms with Crippen LogP contribution in [0.5, 0.6) is 5.75 Å². The van der Waals surface area contributed by atoms with Gasteiger partial charge >= 0.3 is 0 Å². The van der Waals surface area contributed by atoms with Gasteiger partial charge in [0.2, 0.25) is 0 Å². The van der Waals surface area contributed by atoms with Gasteiger partial charge in [0.15, 0.2) is 4.73 Å². The maximum Gasteiger partial charge on any atom is 0.175 e. The summed E-state index contributed by atoms with van der Waals surface area (Å²) in [6, 6.07) is 4.00. The SMILES string of the molecule is COc1c(C)ccc2[nH]c(Br)nc12. The van der Waals surface area contributed by atoms with Gasteiger partial charge in [-0.15, -0.1) is 0 Å². The quantitative estimate of drug-likeness (QED) is 0.833. The fraction of sp³-hybridized carbons (Fsp3) is 0.222. The molecule has 1 heterocycles. The van der Waals surface area contributed by atoms with Crippen LogP contribution in [0.15, 0.2) is 16.9 Å². The summed E-state index contributed by atoms with van der Waals surface area (Å²) in [5.41, 5.74) is 2.94. The van der Waals surface area contributed by atoms with Gasteiger partial charge in [-0.05, 0) is 34.5 Å². The number of aromatic amines is 1. The van der Waals surface area contributed by atoms with E-state index in [2.05, 4.69) is 25.9 Å². The molecule has 0 fully saturated rings. The number of imidazole rings is 1. The molecule has 13 heavy (non-hydrogen) atoms. The number of H-pyrrole nitrogens is 1. The molecule has 0 bridgehead atoms. The van der Waals surface area contributed by atoms with E-state index in [9.17, 15) is 0 Å². The topological polar surface area (TPSA) is 37.9 Å². The molecule has 0 aliphatic carbocycles. The number of ether oxygens (including phenoxy) is 1. The smallest absolute Gasteiger partial charge is 0.175 e. The lowest BCUT2D eigenvalue weighted by Crippen LogP contribution is -1.87. The van der Waals surface area contributed by atoms with E-state index in [0.717, 1.165) is 27.1 Å². The first-order chi connectivity index (χ1) is 6.22. The minimum absolute atomic E-state index is 0.728. The normalized spacial score (nSPS) is 10.7. The number of halogens is 1. The van der Waals surface area contributed by atoms with E-state index in [1.165, 1.54) is 0 Å². The molecule has 0 aliphatic heterocycles. The van der Waals surface area contributed by atoms with Crippen molar-refractivity contribution in [3.63, 3.8) is 0 Å². The van der Waals surface area contributed by atoms with E-state index in [0.29, 0.717) is 0 Å². The Morgan fingerprint density at radius 2 is 2.23 bits per heavy atom. The summed E-state index contributed by atoms with van der Waals surface area (Å²) < 4.78 is 6.00.